The Bertz CT molecular complexity index is 994. The number of halogens is 1. The Morgan fingerprint density at radius 3 is 2.29 bits per heavy atom. The van der Waals surface area contributed by atoms with Crippen molar-refractivity contribution in [2.45, 2.75) is 44.9 Å². The number of aromatic nitrogens is 2. The molecule has 1 aliphatic carbocycles. The second-order valence-corrected chi connectivity index (χ2v) is 8.86. The Labute approximate surface area is 170 Å². The highest BCUT2D eigenvalue weighted by Crippen LogP contribution is 2.45. The summed E-state index contributed by atoms with van der Waals surface area (Å²) < 4.78 is 0. The molecule has 28 heavy (non-hydrogen) atoms. The molecule has 1 saturated carbocycles. The van der Waals surface area contributed by atoms with Gasteiger partial charge in [-0.3, -0.25) is 9.89 Å². The van der Waals surface area contributed by atoms with Crippen LogP contribution in [0.4, 0.5) is 5.69 Å². The monoisotopic (exact) mass is 393 g/mol. The molecule has 0 unspecified atom stereocenters. The van der Waals surface area contributed by atoms with E-state index in [0.29, 0.717) is 16.5 Å². The number of hydrogen-bond donors (Lipinski definition) is 2. The van der Waals surface area contributed by atoms with Gasteiger partial charge in [0.1, 0.15) is 5.69 Å². The molecule has 144 valence electrons. The molecule has 0 aliphatic heterocycles. The summed E-state index contributed by atoms with van der Waals surface area (Å²) in [5.41, 5.74) is 5.49. The number of nitrogens with one attached hydrogen (secondary N) is 2. The number of carbonyl (C=O) groups is 1. The van der Waals surface area contributed by atoms with Gasteiger partial charge in [0.15, 0.2) is 0 Å². The molecule has 1 aliphatic rings. The molecule has 4 nitrogen and oxygen atoms in total. The van der Waals surface area contributed by atoms with Crippen molar-refractivity contribution in [3.05, 3.63) is 70.4 Å². The molecular formula is C23H24ClN3O. The molecule has 0 spiro atoms. The Kier molecular flexibility index (Phi) is 4.76. The summed E-state index contributed by atoms with van der Waals surface area (Å²) in [6, 6.07) is 15.3. The third kappa shape index (κ3) is 3.83. The van der Waals surface area contributed by atoms with Gasteiger partial charge < -0.3 is 5.32 Å². The number of H-pyrrole nitrogens is 1. The molecule has 2 aromatic carbocycles. The predicted octanol–water partition coefficient (Wildman–Crippen LogP) is 6.16. The molecule has 2 N–H and O–H groups in total. The average Bonchev–Trinajstić information content (AvgIpc) is 3.42. The zero-order chi connectivity index (χ0) is 19.9. The van der Waals surface area contributed by atoms with E-state index in [4.69, 9.17) is 11.6 Å². The van der Waals surface area contributed by atoms with E-state index in [2.05, 4.69) is 60.6 Å². The van der Waals surface area contributed by atoms with Crippen LogP contribution in [0.5, 0.6) is 0 Å². The molecule has 1 heterocycles. The summed E-state index contributed by atoms with van der Waals surface area (Å²) in [6.07, 6.45) is 2.24. The average molecular weight is 394 g/mol. The lowest BCUT2D eigenvalue weighted by Crippen LogP contribution is -2.13. The van der Waals surface area contributed by atoms with Gasteiger partial charge in [-0.15, -0.1) is 0 Å². The fourth-order valence-electron chi connectivity index (χ4n) is 3.27. The van der Waals surface area contributed by atoms with E-state index in [-0.39, 0.29) is 11.3 Å². The van der Waals surface area contributed by atoms with Crippen molar-refractivity contribution < 1.29 is 4.79 Å². The zero-order valence-corrected chi connectivity index (χ0v) is 17.1. The third-order valence-corrected chi connectivity index (χ3v) is 5.40. The lowest BCUT2D eigenvalue weighted by molar-refractivity contribution is 0.102. The normalized spacial score (nSPS) is 14.1. The first-order valence-electron chi connectivity index (χ1n) is 9.59. The quantitative estimate of drug-likeness (QED) is 0.557. The lowest BCUT2D eigenvalue weighted by Gasteiger charge is -2.19. The smallest absolute Gasteiger partial charge is 0.255 e. The van der Waals surface area contributed by atoms with Gasteiger partial charge >= 0.3 is 0 Å². The minimum absolute atomic E-state index is 0.0922. The molecular weight excluding hydrogens is 370 g/mol. The van der Waals surface area contributed by atoms with Gasteiger partial charge in [-0.1, -0.05) is 56.6 Å². The topological polar surface area (TPSA) is 57.8 Å². The Balaban J connectivity index is 1.67. The summed E-state index contributed by atoms with van der Waals surface area (Å²) in [5, 5.41) is 11.4. The predicted molar refractivity (Wildman–Crippen MR) is 114 cm³/mol. The zero-order valence-electron chi connectivity index (χ0n) is 16.3. The van der Waals surface area contributed by atoms with Crippen LogP contribution in [0.3, 0.4) is 0 Å². The van der Waals surface area contributed by atoms with E-state index in [1.807, 2.05) is 0 Å². The van der Waals surface area contributed by atoms with Gasteiger partial charge in [0, 0.05) is 22.1 Å². The van der Waals surface area contributed by atoms with Crippen molar-refractivity contribution >= 4 is 23.2 Å². The van der Waals surface area contributed by atoms with Gasteiger partial charge in [0.05, 0.1) is 11.4 Å². The number of benzene rings is 2. The fourth-order valence-corrected chi connectivity index (χ4v) is 3.40. The van der Waals surface area contributed by atoms with Crippen LogP contribution in [0.15, 0.2) is 48.5 Å². The summed E-state index contributed by atoms with van der Waals surface area (Å²) in [5.74, 6) is 0.281. The van der Waals surface area contributed by atoms with Gasteiger partial charge in [-0.05, 0) is 48.1 Å². The van der Waals surface area contributed by atoms with E-state index in [0.717, 1.165) is 35.5 Å². The molecule has 5 heteroatoms. The SMILES string of the molecule is CC(C)(C)c1ccc(-c2n[nH]c(C3CC3)c2NC(=O)c2ccc(Cl)cc2)cc1. The van der Waals surface area contributed by atoms with Gasteiger partial charge in [-0.2, -0.15) is 5.10 Å². The van der Waals surface area contributed by atoms with E-state index in [1.54, 1.807) is 24.3 Å². The van der Waals surface area contributed by atoms with Gasteiger partial charge in [0.25, 0.3) is 5.91 Å². The van der Waals surface area contributed by atoms with Crippen molar-refractivity contribution in [2.75, 3.05) is 5.32 Å². The van der Waals surface area contributed by atoms with E-state index >= 15 is 0 Å². The number of amides is 1. The molecule has 3 aromatic rings. The first kappa shape index (κ1) is 18.8. The number of aromatic amines is 1. The number of hydrogen-bond acceptors (Lipinski definition) is 2. The molecule has 0 atom stereocenters. The first-order chi connectivity index (χ1) is 13.3. The van der Waals surface area contributed by atoms with Crippen LogP contribution in [0, 0.1) is 0 Å². The van der Waals surface area contributed by atoms with Crippen LogP contribution in [0.2, 0.25) is 5.02 Å². The Morgan fingerprint density at radius 2 is 1.71 bits per heavy atom. The fraction of sp³-hybridized carbons (Fsp3) is 0.304. The molecule has 1 amide bonds. The largest absolute Gasteiger partial charge is 0.319 e. The highest BCUT2D eigenvalue weighted by molar-refractivity contribution is 6.30. The van der Waals surface area contributed by atoms with Crippen LogP contribution in [-0.2, 0) is 5.41 Å². The summed E-state index contributed by atoms with van der Waals surface area (Å²) in [6.45, 7) is 6.58. The van der Waals surface area contributed by atoms with Crippen LogP contribution in [0.1, 0.15) is 61.1 Å². The third-order valence-electron chi connectivity index (χ3n) is 5.15. The lowest BCUT2D eigenvalue weighted by atomic mass is 9.86. The maximum atomic E-state index is 12.8. The van der Waals surface area contributed by atoms with E-state index in [1.165, 1.54) is 5.56 Å². The van der Waals surface area contributed by atoms with Crippen LogP contribution in [0.25, 0.3) is 11.3 Å². The molecule has 1 fully saturated rings. The molecule has 0 radical (unpaired) electrons. The standard InChI is InChI=1S/C23H24ClN3O/c1-23(2,3)17-10-6-15(7-11-17)20-21(19(26-27-20)14-4-5-14)25-22(28)16-8-12-18(24)13-9-16/h6-14H,4-5H2,1-3H3,(H,25,28)(H,26,27). The Morgan fingerprint density at radius 1 is 1.07 bits per heavy atom. The van der Waals surface area contributed by atoms with Crippen LogP contribution >= 0.6 is 11.6 Å². The maximum Gasteiger partial charge on any atom is 0.255 e. The van der Waals surface area contributed by atoms with E-state index in [9.17, 15) is 4.79 Å². The molecule has 4 rings (SSSR count). The number of rotatable bonds is 4. The van der Waals surface area contributed by atoms with Crippen LogP contribution in [-0.4, -0.2) is 16.1 Å². The highest BCUT2D eigenvalue weighted by Gasteiger charge is 2.31. The number of anilines is 1. The van der Waals surface area contributed by atoms with Crippen molar-refractivity contribution in [1.82, 2.24) is 10.2 Å². The molecule has 0 saturated heterocycles. The highest BCUT2D eigenvalue weighted by atomic mass is 35.5. The summed E-state index contributed by atoms with van der Waals surface area (Å²) in [7, 11) is 0. The van der Waals surface area contributed by atoms with Crippen molar-refractivity contribution in [3.8, 4) is 11.3 Å². The van der Waals surface area contributed by atoms with Gasteiger partial charge in [0.2, 0.25) is 0 Å². The van der Waals surface area contributed by atoms with Crippen molar-refractivity contribution in [1.29, 1.82) is 0 Å². The minimum atomic E-state index is -0.160. The second-order valence-electron chi connectivity index (χ2n) is 8.42. The van der Waals surface area contributed by atoms with Crippen molar-refractivity contribution in [3.63, 3.8) is 0 Å². The summed E-state index contributed by atoms with van der Waals surface area (Å²) >= 11 is 5.94. The maximum absolute atomic E-state index is 12.8. The number of carbonyl (C=O) groups excluding carboxylic acids is 1. The van der Waals surface area contributed by atoms with Crippen molar-refractivity contribution in [2.24, 2.45) is 0 Å². The molecule has 1 aromatic heterocycles. The van der Waals surface area contributed by atoms with Gasteiger partial charge in [-0.25, -0.2) is 0 Å². The van der Waals surface area contributed by atoms with Crippen LogP contribution < -0.4 is 5.32 Å². The number of nitrogens with zero attached hydrogens (tertiary/aromatic N) is 1. The molecule has 0 bridgehead atoms. The summed E-state index contributed by atoms with van der Waals surface area (Å²) in [4.78, 5) is 12.8. The first-order valence-corrected chi connectivity index (χ1v) is 9.97. The second kappa shape index (κ2) is 7.10. The van der Waals surface area contributed by atoms with E-state index < -0.39 is 0 Å². The minimum Gasteiger partial charge on any atom is -0.319 e. The Hall–Kier alpha value is -2.59.